The van der Waals surface area contributed by atoms with Gasteiger partial charge < -0.3 is 10.1 Å². The number of sulfonamides is 1. The number of nitrogens with zero attached hydrogens (tertiary/aromatic N) is 1. The third kappa shape index (κ3) is 5.38. The number of rotatable bonds is 9. The highest BCUT2D eigenvalue weighted by Gasteiger charge is 2.19. The van der Waals surface area contributed by atoms with E-state index in [-0.39, 0.29) is 17.1 Å². The van der Waals surface area contributed by atoms with E-state index in [4.69, 9.17) is 4.74 Å². The summed E-state index contributed by atoms with van der Waals surface area (Å²) in [7, 11) is -2.19. The van der Waals surface area contributed by atoms with Crippen LogP contribution in [-0.4, -0.2) is 46.7 Å². The maximum Gasteiger partial charge on any atom is 0.270 e. The largest absolute Gasteiger partial charge is 0.383 e. The summed E-state index contributed by atoms with van der Waals surface area (Å²) in [4.78, 5) is 10.0. The van der Waals surface area contributed by atoms with Crippen LogP contribution in [0.5, 0.6) is 0 Å². The highest BCUT2D eigenvalue weighted by atomic mass is 32.2. The number of nitro benzene ring substituents is 1. The van der Waals surface area contributed by atoms with Crippen LogP contribution in [0, 0.1) is 17.0 Å². The van der Waals surface area contributed by atoms with Gasteiger partial charge in [-0.3, -0.25) is 10.1 Å². The Morgan fingerprint density at radius 3 is 2.62 bits per heavy atom. The van der Waals surface area contributed by atoms with Crippen molar-refractivity contribution in [3.8, 4) is 0 Å². The SMILES string of the molecule is COCCNCCNS(=O)(=O)c1cc([N+](=O)[O-])ccc1C. The molecule has 0 fully saturated rings. The fourth-order valence-electron chi connectivity index (χ4n) is 1.64. The molecule has 0 aliphatic carbocycles. The minimum absolute atomic E-state index is 0.0754. The molecule has 0 saturated heterocycles. The lowest BCUT2D eigenvalue weighted by molar-refractivity contribution is -0.385. The molecule has 0 heterocycles. The van der Waals surface area contributed by atoms with Gasteiger partial charge in [-0.05, 0) is 12.5 Å². The van der Waals surface area contributed by atoms with Crippen molar-refractivity contribution in [3.05, 3.63) is 33.9 Å². The minimum atomic E-state index is -3.77. The number of ether oxygens (including phenoxy) is 1. The smallest absolute Gasteiger partial charge is 0.270 e. The molecule has 0 aromatic heterocycles. The molecule has 8 nitrogen and oxygen atoms in total. The average molecular weight is 317 g/mol. The quantitative estimate of drug-likeness (QED) is 0.388. The summed E-state index contributed by atoms with van der Waals surface area (Å²) in [6.45, 7) is 3.38. The number of hydrogen-bond acceptors (Lipinski definition) is 6. The second kappa shape index (κ2) is 8.03. The molecular formula is C12H19N3O5S. The van der Waals surface area contributed by atoms with Crippen LogP contribution >= 0.6 is 0 Å². The highest BCUT2D eigenvalue weighted by Crippen LogP contribution is 2.21. The van der Waals surface area contributed by atoms with E-state index in [2.05, 4.69) is 10.0 Å². The van der Waals surface area contributed by atoms with Crippen molar-refractivity contribution in [2.45, 2.75) is 11.8 Å². The Morgan fingerprint density at radius 2 is 2.00 bits per heavy atom. The molecule has 0 atom stereocenters. The van der Waals surface area contributed by atoms with Gasteiger partial charge >= 0.3 is 0 Å². The molecule has 0 aliphatic rings. The lowest BCUT2D eigenvalue weighted by atomic mass is 10.2. The van der Waals surface area contributed by atoms with Crippen molar-refractivity contribution >= 4 is 15.7 Å². The Morgan fingerprint density at radius 1 is 1.29 bits per heavy atom. The first-order valence-electron chi connectivity index (χ1n) is 6.33. The number of nitrogens with one attached hydrogen (secondary N) is 2. The van der Waals surface area contributed by atoms with E-state index in [1.54, 1.807) is 14.0 Å². The van der Waals surface area contributed by atoms with E-state index in [0.29, 0.717) is 25.3 Å². The van der Waals surface area contributed by atoms with Crippen LogP contribution in [-0.2, 0) is 14.8 Å². The van der Waals surface area contributed by atoms with Gasteiger partial charge in [0.25, 0.3) is 5.69 Å². The van der Waals surface area contributed by atoms with E-state index < -0.39 is 14.9 Å². The molecule has 9 heteroatoms. The van der Waals surface area contributed by atoms with E-state index in [0.717, 1.165) is 6.07 Å². The zero-order valence-electron chi connectivity index (χ0n) is 12.0. The van der Waals surface area contributed by atoms with E-state index in [1.165, 1.54) is 12.1 Å². The molecule has 1 aromatic carbocycles. The number of aryl methyl sites for hydroxylation is 1. The van der Waals surface area contributed by atoms with Crippen LogP contribution in [0.4, 0.5) is 5.69 Å². The molecule has 0 saturated carbocycles. The van der Waals surface area contributed by atoms with Gasteiger partial charge in [-0.15, -0.1) is 0 Å². The molecule has 0 amide bonds. The summed E-state index contributed by atoms with van der Waals surface area (Å²) < 4.78 is 31.5. The monoisotopic (exact) mass is 317 g/mol. The van der Waals surface area contributed by atoms with E-state index in [9.17, 15) is 18.5 Å². The molecule has 0 radical (unpaired) electrons. The summed E-state index contributed by atoms with van der Waals surface area (Å²) in [5.74, 6) is 0. The van der Waals surface area contributed by atoms with Crippen molar-refractivity contribution < 1.29 is 18.1 Å². The predicted molar refractivity (Wildman–Crippen MR) is 77.8 cm³/mol. The average Bonchev–Trinajstić information content (AvgIpc) is 2.42. The van der Waals surface area contributed by atoms with Gasteiger partial charge in [0.05, 0.1) is 16.4 Å². The van der Waals surface area contributed by atoms with Crippen LogP contribution in [0.3, 0.4) is 0 Å². The molecule has 21 heavy (non-hydrogen) atoms. The zero-order valence-corrected chi connectivity index (χ0v) is 12.8. The topological polar surface area (TPSA) is 111 Å². The first-order chi connectivity index (χ1) is 9.88. The molecule has 0 aliphatic heterocycles. The van der Waals surface area contributed by atoms with Crippen molar-refractivity contribution in [1.29, 1.82) is 0 Å². The molecule has 0 spiro atoms. The maximum atomic E-state index is 12.1. The Bertz CT molecular complexity index is 589. The second-order valence-electron chi connectivity index (χ2n) is 4.35. The molecular weight excluding hydrogens is 298 g/mol. The molecule has 2 N–H and O–H groups in total. The number of nitro groups is 1. The molecule has 118 valence electrons. The number of hydrogen-bond donors (Lipinski definition) is 2. The lowest BCUT2D eigenvalue weighted by Gasteiger charge is -2.09. The van der Waals surface area contributed by atoms with Crippen molar-refractivity contribution in [1.82, 2.24) is 10.0 Å². The first-order valence-corrected chi connectivity index (χ1v) is 7.81. The van der Waals surface area contributed by atoms with Gasteiger partial charge in [0.15, 0.2) is 0 Å². The van der Waals surface area contributed by atoms with Gasteiger partial charge in [-0.2, -0.15) is 0 Å². The third-order valence-corrected chi connectivity index (χ3v) is 4.35. The number of non-ortho nitro benzene ring substituents is 1. The van der Waals surface area contributed by atoms with Gasteiger partial charge in [0, 0.05) is 38.9 Å². The van der Waals surface area contributed by atoms with Gasteiger partial charge in [0.2, 0.25) is 10.0 Å². The fourth-order valence-corrected chi connectivity index (χ4v) is 2.94. The number of benzene rings is 1. The Balaban J connectivity index is 2.70. The molecule has 0 bridgehead atoms. The maximum absolute atomic E-state index is 12.1. The number of methoxy groups -OCH3 is 1. The predicted octanol–water partition coefficient (Wildman–Crippen LogP) is 0.418. The summed E-state index contributed by atoms with van der Waals surface area (Å²) >= 11 is 0. The normalized spacial score (nSPS) is 11.5. The van der Waals surface area contributed by atoms with Crippen molar-refractivity contribution in [3.63, 3.8) is 0 Å². The second-order valence-corrected chi connectivity index (χ2v) is 6.08. The van der Waals surface area contributed by atoms with Crippen LogP contribution in [0.15, 0.2) is 23.1 Å². The Hall–Kier alpha value is -1.55. The third-order valence-electron chi connectivity index (χ3n) is 2.75. The molecule has 1 aromatic rings. The highest BCUT2D eigenvalue weighted by molar-refractivity contribution is 7.89. The van der Waals surface area contributed by atoms with Gasteiger partial charge in [-0.1, -0.05) is 6.07 Å². The van der Waals surface area contributed by atoms with E-state index in [1.807, 2.05) is 0 Å². The fraction of sp³-hybridized carbons (Fsp3) is 0.500. The van der Waals surface area contributed by atoms with Crippen molar-refractivity contribution in [2.24, 2.45) is 0 Å². The molecule has 1 rings (SSSR count). The first kappa shape index (κ1) is 17.5. The van der Waals surface area contributed by atoms with Crippen LogP contribution < -0.4 is 10.0 Å². The summed E-state index contributed by atoms with van der Waals surface area (Å²) in [5, 5.41) is 13.7. The Kier molecular flexibility index (Phi) is 6.69. The molecule has 0 unspecified atom stereocenters. The summed E-state index contributed by atoms with van der Waals surface area (Å²) in [6, 6.07) is 3.76. The minimum Gasteiger partial charge on any atom is -0.383 e. The van der Waals surface area contributed by atoms with Crippen LogP contribution in [0.1, 0.15) is 5.56 Å². The van der Waals surface area contributed by atoms with E-state index >= 15 is 0 Å². The van der Waals surface area contributed by atoms with Gasteiger partial charge in [0.1, 0.15) is 0 Å². The van der Waals surface area contributed by atoms with Crippen molar-refractivity contribution in [2.75, 3.05) is 33.4 Å². The Labute approximate surface area is 123 Å². The summed E-state index contributed by atoms with van der Waals surface area (Å²) in [5.41, 5.74) is 0.208. The van der Waals surface area contributed by atoms with Crippen LogP contribution in [0.25, 0.3) is 0 Å². The van der Waals surface area contributed by atoms with Crippen LogP contribution in [0.2, 0.25) is 0 Å². The van der Waals surface area contributed by atoms with Gasteiger partial charge in [-0.25, -0.2) is 13.1 Å². The summed E-state index contributed by atoms with van der Waals surface area (Å²) in [6.07, 6.45) is 0. The zero-order chi connectivity index (χ0) is 15.9. The standard InChI is InChI=1S/C12H19N3O5S/c1-10-3-4-11(15(16)17)9-12(10)21(18,19)14-6-5-13-7-8-20-2/h3-4,9,13-14H,5-8H2,1-2H3. The lowest BCUT2D eigenvalue weighted by Crippen LogP contribution is -2.33.